The van der Waals surface area contributed by atoms with Crippen LogP contribution in [0.2, 0.25) is 0 Å². The van der Waals surface area contributed by atoms with Gasteiger partial charge in [0, 0.05) is 36.3 Å². The van der Waals surface area contributed by atoms with Crippen LogP contribution in [-0.4, -0.2) is 46.8 Å². The predicted octanol–water partition coefficient (Wildman–Crippen LogP) is 1.38. The van der Waals surface area contributed by atoms with E-state index in [0.29, 0.717) is 23.2 Å². The molecule has 2 heterocycles. The second kappa shape index (κ2) is 3.83. The molecule has 0 aliphatic carbocycles. The number of hydrogen-bond donors (Lipinski definition) is 0. The zero-order chi connectivity index (χ0) is 12.9. The topological polar surface area (TPSA) is 40.2 Å². The molecule has 0 spiro atoms. The summed E-state index contributed by atoms with van der Waals surface area (Å²) < 4.78 is 0. The lowest BCUT2D eigenvalue weighted by molar-refractivity contribution is 0.0876. The Labute approximate surface area is 106 Å². The van der Waals surface area contributed by atoms with Gasteiger partial charge >= 0.3 is 0 Å². The van der Waals surface area contributed by atoms with Gasteiger partial charge in [0.25, 0.3) is 11.8 Å². The van der Waals surface area contributed by atoms with E-state index in [1.807, 2.05) is 13.8 Å². The van der Waals surface area contributed by atoms with Crippen molar-refractivity contribution < 1.29 is 9.59 Å². The minimum atomic E-state index is 0.0241. The summed E-state index contributed by atoms with van der Waals surface area (Å²) in [4.78, 5) is 27.7. The van der Waals surface area contributed by atoms with Gasteiger partial charge in [-0.3, -0.25) is 9.59 Å². The summed E-state index contributed by atoms with van der Waals surface area (Å²) in [5.41, 5.74) is 1.22. The molecule has 2 aliphatic rings. The maximum atomic E-state index is 12.0. The third-order valence-electron chi connectivity index (χ3n) is 3.60. The summed E-state index contributed by atoms with van der Waals surface area (Å²) in [6.45, 7) is 5.68. The zero-order valence-corrected chi connectivity index (χ0v) is 10.6. The molecular weight excluding hydrogens is 228 g/mol. The molecule has 4 nitrogen and oxygen atoms in total. The largest absolute Gasteiger partial charge is 0.332 e. The maximum absolute atomic E-state index is 12.0. The third kappa shape index (κ3) is 1.88. The van der Waals surface area contributed by atoms with E-state index in [4.69, 9.17) is 0 Å². The van der Waals surface area contributed by atoms with Gasteiger partial charge in [-0.15, -0.1) is 0 Å². The van der Waals surface area contributed by atoms with Crippen LogP contribution in [0.1, 0.15) is 34.6 Å². The molecule has 2 atom stereocenters. The molecule has 2 aliphatic heterocycles. The minimum Gasteiger partial charge on any atom is -0.332 e. The van der Waals surface area contributed by atoms with Crippen molar-refractivity contribution in [2.75, 3.05) is 13.1 Å². The minimum absolute atomic E-state index is 0.0241. The lowest BCUT2D eigenvalue weighted by atomic mass is 10.1. The predicted molar refractivity (Wildman–Crippen MR) is 67.4 cm³/mol. The Bertz CT molecular complexity index is 483. The second-order valence-electron chi connectivity index (χ2n) is 5.19. The van der Waals surface area contributed by atoms with Crippen molar-refractivity contribution in [3.05, 3.63) is 35.4 Å². The van der Waals surface area contributed by atoms with E-state index in [9.17, 15) is 9.59 Å². The quantitative estimate of drug-likeness (QED) is 0.737. The van der Waals surface area contributed by atoms with E-state index in [-0.39, 0.29) is 11.8 Å². The first-order valence-electron chi connectivity index (χ1n) is 6.30. The van der Waals surface area contributed by atoms with E-state index < -0.39 is 0 Å². The Kier molecular flexibility index (Phi) is 2.40. The first-order chi connectivity index (χ1) is 8.58. The Morgan fingerprint density at radius 3 is 1.72 bits per heavy atom. The van der Waals surface area contributed by atoms with E-state index in [1.165, 1.54) is 0 Å². The van der Waals surface area contributed by atoms with Crippen molar-refractivity contribution in [1.82, 2.24) is 9.80 Å². The van der Waals surface area contributed by atoms with Crippen molar-refractivity contribution in [1.29, 1.82) is 0 Å². The summed E-state index contributed by atoms with van der Waals surface area (Å²) in [7, 11) is 0. The molecule has 3 rings (SSSR count). The number of carbonyl (C=O) groups excluding carboxylic acids is 2. The first-order valence-corrected chi connectivity index (χ1v) is 6.30. The van der Waals surface area contributed by atoms with Crippen molar-refractivity contribution in [2.24, 2.45) is 0 Å². The van der Waals surface area contributed by atoms with Gasteiger partial charge in [0.1, 0.15) is 0 Å². The van der Waals surface area contributed by atoms with E-state index >= 15 is 0 Å². The molecule has 0 saturated carbocycles. The average Bonchev–Trinajstić information content (AvgIpc) is 3.27. The number of hydrogen-bond acceptors (Lipinski definition) is 2. The van der Waals surface area contributed by atoms with E-state index in [1.54, 1.807) is 34.1 Å². The highest BCUT2D eigenvalue weighted by Gasteiger charge is 2.36. The van der Waals surface area contributed by atoms with Gasteiger partial charge in [-0.05, 0) is 32.0 Å². The fourth-order valence-electron chi connectivity index (χ4n) is 2.16. The van der Waals surface area contributed by atoms with Crippen LogP contribution in [-0.2, 0) is 0 Å². The second-order valence-corrected chi connectivity index (χ2v) is 5.19. The van der Waals surface area contributed by atoms with Crippen molar-refractivity contribution in [2.45, 2.75) is 25.9 Å². The molecule has 0 bridgehead atoms. The fraction of sp³-hybridized carbons (Fsp3) is 0.429. The highest BCUT2D eigenvalue weighted by atomic mass is 16.2. The lowest BCUT2D eigenvalue weighted by Gasteiger charge is -2.06. The van der Waals surface area contributed by atoms with Gasteiger partial charge in [0.05, 0.1) is 0 Å². The number of amides is 2. The van der Waals surface area contributed by atoms with Crippen LogP contribution in [0.3, 0.4) is 0 Å². The molecule has 0 N–H and O–H groups in total. The molecule has 1 aromatic carbocycles. The van der Waals surface area contributed by atoms with Crippen LogP contribution < -0.4 is 0 Å². The molecule has 0 unspecified atom stereocenters. The van der Waals surface area contributed by atoms with Gasteiger partial charge in [-0.1, -0.05) is 6.07 Å². The number of carbonyl (C=O) groups is 2. The summed E-state index contributed by atoms with van der Waals surface area (Å²) in [5, 5.41) is 0. The van der Waals surface area contributed by atoms with Crippen LogP contribution in [0, 0.1) is 0 Å². The molecule has 2 saturated heterocycles. The number of nitrogens with zero attached hydrogens (tertiary/aromatic N) is 2. The van der Waals surface area contributed by atoms with Crippen LogP contribution >= 0.6 is 0 Å². The Balaban J connectivity index is 1.80. The average molecular weight is 244 g/mol. The van der Waals surface area contributed by atoms with Gasteiger partial charge in [0.15, 0.2) is 0 Å². The van der Waals surface area contributed by atoms with Crippen molar-refractivity contribution in [3.8, 4) is 0 Å². The Hall–Kier alpha value is -1.84. The fourth-order valence-corrected chi connectivity index (χ4v) is 2.16. The highest BCUT2D eigenvalue weighted by Crippen LogP contribution is 2.23. The molecule has 2 amide bonds. The third-order valence-corrected chi connectivity index (χ3v) is 3.60. The van der Waals surface area contributed by atoms with Gasteiger partial charge < -0.3 is 9.80 Å². The highest BCUT2D eigenvalue weighted by molar-refractivity contribution is 6.01. The summed E-state index contributed by atoms with van der Waals surface area (Å²) in [6.07, 6.45) is 0. The molecule has 0 radical (unpaired) electrons. The van der Waals surface area contributed by atoms with Crippen LogP contribution in [0.25, 0.3) is 0 Å². The first kappa shape index (κ1) is 11.3. The number of rotatable bonds is 2. The Morgan fingerprint density at radius 1 is 1.00 bits per heavy atom. The van der Waals surface area contributed by atoms with Crippen molar-refractivity contribution >= 4 is 11.8 Å². The van der Waals surface area contributed by atoms with E-state index in [2.05, 4.69) is 0 Å². The van der Waals surface area contributed by atoms with Crippen LogP contribution in [0.4, 0.5) is 0 Å². The number of benzene rings is 1. The van der Waals surface area contributed by atoms with Crippen LogP contribution in [0.5, 0.6) is 0 Å². The van der Waals surface area contributed by atoms with Crippen molar-refractivity contribution in [3.63, 3.8) is 0 Å². The zero-order valence-electron chi connectivity index (χ0n) is 10.6. The smallest absolute Gasteiger partial charge is 0.254 e. The summed E-state index contributed by atoms with van der Waals surface area (Å²) in [5.74, 6) is 0.0481. The Morgan fingerprint density at radius 2 is 1.39 bits per heavy atom. The SMILES string of the molecule is C[C@@H]1CN1C(=O)c1cccc(C(=O)N2C[C@@H]2C)c1. The van der Waals surface area contributed by atoms with Gasteiger partial charge in [-0.2, -0.15) is 0 Å². The summed E-state index contributed by atoms with van der Waals surface area (Å²) in [6, 6.07) is 7.71. The molecular formula is C14H16N2O2. The molecule has 4 heteroatoms. The summed E-state index contributed by atoms with van der Waals surface area (Å²) >= 11 is 0. The molecule has 0 aromatic heterocycles. The van der Waals surface area contributed by atoms with Gasteiger partial charge in [0.2, 0.25) is 0 Å². The van der Waals surface area contributed by atoms with E-state index in [0.717, 1.165) is 13.1 Å². The molecule has 1 aromatic rings. The maximum Gasteiger partial charge on any atom is 0.254 e. The normalized spacial score (nSPS) is 25.0. The molecule has 18 heavy (non-hydrogen) atoms. The monoisotopic (exact) mass is 244 g/mol. The van der Waals surface area contributed by atoms with Crippen LogP contribution in [0.15, 0.2) is 24.3 Å². The standard InChI is InChI=1S/C14H16N2O2/c1-9-7-15(9)13(17)11-4-3-5-12(6-11)14(18)16-8-10(16)2/h3-6,9-10H,7-8H2,1-2H3/t9-,10+,15?,16?. The molecule has 2 fully saturated rings. The lowest BCUT2D eigenvalue weighted by Crippen LogP contribution is -2.16. The molecule has 94 valence electrons. The van der Waals surface area contributed by atoms with Gasteiger partial charge in [-0.25, -0.2) is 0 Å².